The summed E-state index contributed by atoms with van der Waals surface area (Å²) >= 11 is 0. The van der Waals surface area contributed by atoms with Crippen LogP contribution in [0.5, 0.6) is 0 Å². The van der Waals surface area contributed by atoms with Gasteiger partial charge in [-0.3, -0.25) is 4.79 Å². The van der Waals surface area contributed by atoms with Gasteiger partial charge in [0.05, 0.1) is 0 Å². The lowest BCUT2D eigenvalue weighted by molar-refractivity contribution is -0.126. The lowest BCUT2D eigenvalue weighted by Gasteiger charge is -2.17. The van der Waals surface area contributed by atoms with Crippen molar-refractivity contribution < 1.29 is 4.79 Å². The van der Waals surface area contributed by atoms with E-state index < -0.39 is 0 Å². The first-order valence-electron chi connectivity index (χ1n) is 7.73. The number of hydrogen-bond donors (Lipinski definition) is 2. The fourth-order valence-corrected chi connectivity index (χ4v) is 3.33. The number of carbonyl (C=O) groups is 1. The van der Waals surface area contributed by atoms with E-state index in [0.29, 0.717) is 19.0 Å². The van der Waals surface area contributed by atoms with Crippen molar-refractivity contribution >= 4 is 29.1 Å². The molecule has 1 saturated carbocycles. The molecular formula is C18H23ClN2O. The van der Waals surface area contributed by atoms with E-state index in [-0.39, 0.29) is 24.2 Å². The Labute approximate surface area is 137 Å². The summed E-state index contributed by atoms with van der Waals surface area (Å²) in [6.45, 7) is 1.21. The smallest absolute Gasteiger partial charge is 0.223 e. The lowest BCUT2D eigenvalue weighted by Crippen LogP contribution is -2.34. The normalized spacial score (nSPS) is 20.6. The van der Waals surface area contributed by atoms with Crippen molar-refractivity contribution in [2.45, 2.75) is 25.8 Å². The molecule has 2 atom stereocenters. The van der Waals surface area contributed by atoms with Crippen LogP contribution in [0.1, 0.15) is 24.8 Å². The first-order valence-corrected chi connectivity index (χ1v) is 7.73. The highest BCUT2D eigenvalue weighted by atomic mass is 35.5. The van der Waals surface area contributed by atoms with Crippen molar-refractivity contribution in [2.24, 2.45) is 17.6 Å². The second kappa shape index (κ2) is 7.61. The van der Waals surface area contributed by atoms with Crippen LogP contribution in [-0.2, 0) is 11.3 Å². The SMILES string of the molecule is Cl.NC[C@H]1CCC[C@H]1C(=O)NCc1ccc2ccccc2c1. The number of nitrogens with two attached hydrogens (primary N) is 1. The molecule has 0 spiro atoms. The Hall–Kier alpha value is -1.58. The van der Waals surface area contributed by atoms with Gasteiger partial charge >= 0.3 is 0 Å². The molecule has 3 N–H and O–H groups in total. The maximum absolute atomic E-state index is 12.3. The number of benzene rings is 2. The molecule has 3 rings (SSSR count). The minimum atomic E-state index is 0. The minimum Gasteiger partial charge on any atom is -0.352 e. The van der Waals surface area contributed by atoms with E-state index >= 15 is 0 Å². The van der Waals surface area contributed by atoms with Crippen LogP contribution in [0.15, 0.2) is 42.5 Å². The van der Waals surface area contributed by atoms with Crippen LogP contribution in [0, 0.1) is 11.8 Å². The molecule has 22 heavy (non-hydrogen) atoms. The van der Waals surface area contributed by atoms with Crippen molar-refractivity contribution in [3.63, 3.8) is 0 Å². The van der Waals surface area contributed by atoms with Crippen LogP contribution >= 0.6 is 12.4 Å². The van der Waals surface area contributed by atoms with Gasteiger partial charge in [0.1, 0.15) is 0 Å². The summed E-state index contributed by atoms with van der Waals surface area (Å²) in [4.78, 5) is 12.3. The van der Waals surface area contributed by atoms with Crippen LogP contribution in [0.25, 0.3) is 10.8 Å². The summed E-state index contributed by atoms with van der Waals surface area (Å²) in [6, 6.07) is 14.6. The minimum absolute atomic E-state index is 0. The van der Waals surface area contributed by atoms with Crippen molar-refractivity contribution in [1.82, 2.24) is 5.32 Å². The number of nitrogens with one attached hydrogen (secondary N) is 1. The molecule has 0 unspecified atom stereocenters. The number of rotatable bonds is 4. The molecule has 2 aromatic rings. The standard InChI is InChI=1S/C18H22N2O.ClH/c19-11-16-6-3-7-17(16)18(21)20-12-13-8-9-14-4-1-2-5-15(14)10-13;/h1-2,4-5,8-10,16-17H,3,6-7,11-12,19H2,(H,20,21);1H/t16-,17-;/m1./s1. The molecule has 1 aliphatic carbocycles. The summed E-state index contributed by atoms with van der Waals surface area (Å²) in [6.07, 6.45) is 3.19. The van der Waals surface area contributed by atoms with Crippen LogP contribution in [0.2, 0.25) is 0 Å². The fourth-order valence-electron chi connectivity index (χ4n) is 3.33. The number of halogens is 1. The Balaban J connectivity index is 0.00000176. The zero-order chi connectivity index (χ0) is 14.7. The summed E-state index contributed by atoms with van der Waals surface area (Å²) in [5, 5.41) is 5.52. The van der Waals surface area contributed by atoms with Crippen LogP contribution in [-0.4, -0.2) is 12.5 Å². The molecule has 1 amide bonds. The van der Waals surface area contributed by atoms with Gasteiger partial charge in [-0.15, -0.1) is 12.4 Å². The third kappa shape index (κ3) is 3.60. The maximum Gasteiger partial charge on any atom is 0.223 e. The second-order valence-corrected chi connectivity index (χ2v) is 5.93. The third-order valence-corrected chi connectivity index (χ3v) is 4.58. The molecule has 0 heterocycles. The van der Waals surface area contributed by atoms with Crippen molar-refractivity contribution in [1.29, 1.82) is 0 Å². The van der Waals surface area contributed by atoms with Gasteiger partial charge in [-0.2, -0.15) is 0 Å². The van der Waals surface area contributed by atoms with Gasteiger partial charge < -0.3 is 11.1 Å². The number of carbonyl (C=O) groups excluding carboxylic acids is 1. The van der Waals surface area contributed by atoms with Crippen molar-refractivity contribution in [2.75, 3.05) is 6.54 Å². The van der Waals surface area contributed by atoms with Gasteiger partial charge in [0.2, 0.25) is 5.91 Å². The molecule has 118 valence electrons. The Bertz CT molecular complexity index is 644. The fraction of sp³-hybridized carbons (Fsp3) is 0.389. The van der Waals surface area contributed by atoms with Gasteiger partial charge in [-0.1, -0.05) is 42.8 Å². The summed E-state index contributed by atoms with van der Waals surface area (Å²) < 4.78 is 0. The van der Waals surface area contributed by atoms with Crippen molar-refractivity contribution in [3.05, 3.63) is 48.0 Å². The Morgan fingerprint density at radius 2 is 1.91 bits per heavy atom. The van der Waals surface area contributed by atoms with E-state index in [1.54, 1.807) is 0 Å². The molecule has 1 fully saturated rings. The van der Waals surface area contributed by atoms with E-state index in [1.807, 2.05) is 12.1 Å². The zero-order valence-electron chi connectivity index (χ0n) is 12.6. The number of amides is 1. The molecule has 0 bridgehead atoms. The van der Waals surface area contributed by atoms with Gasteiger partial charge in [0.15, 0.2) is 0 Å². The largest absolute Gasteiger partial charge is 0.352 e. The molecule has 1 aliphatic rings. The Morgan fingerprint density at radius 3 is 2.68 bits per heavy atom. The number of fused-ring (bicyclic) bond motifs is 1. The zero-order valence-corrected chi connectivity index (χ0v) is 13.4. The van der Waals surface area contributed by atoms with E-state index in [2.05, 4.69) is 35.6 Å². The van der Waals surface area contributed by atoms with Crippen LogP contribution in [0.4, 0.5) is 0 Å². The third-order valence-electron chi connectivity index (χ3n) is 4.58. The van der Waals surface area contributed by atoms with Gasteiger partial charge in [0, 0.05) is 12.5 Å². The highest BCUT2D eigenvalue weighted by Crippen LogP contribution is 2.31. The predicted molar refractivity (Wildman–Crippen MR) is 92.9 cm³/mol. The van der Waals surface area contributed by atoms with Gasteiger partial charge in [-0.05, 0) is 47.7 Å². The summed E-state index contributed by atoms with van der Waals surface area (Å²) in [5.74, 6) is 0.633. The van der Waals surface area contributed by atoms with Crippen LogP contribution in [0.3, 0.4) is 0 Å². The second-order valence-electron chi connectivity index (χ2n) is 5.93. The quantitative estimate of drug-likeness (QED) is 0.909. The molecule has 0 radical (unpaired) electrons. The molecule has 0 aromatic heterocycles. The maximum atomic E-state index is 12.3. The first-order chi connectivity index (χ1) is 10.3. The monoisotopic (exact) mass is 318 g/mol. The predicted octanol–water partition coefficient (Wildman–Crippen LogP) is 3.25. The van der Waals surface area contributed by atoms with Crippen molar-refractivity contribution in [3.8, 4) is 0 Å². The number of hydrogen-bond acceptors (Lipinski definition) is 2. The average Bonchev–Trinajstić information content (AvgIpc) is 3.01. The first kappa shape index (κ1) is 16.8. The lowest BCUT2D eigenvalue weighted by atomic mass is 9.95. The summed E-state index contributed by atoms with van der Waals surface area (Å²) in [7, 11) is 0. The highest BCUT2D eigenvalue weighted by Gasteiger charge is 2.31. The molecule has 3 nitrogen and oxygen atoms in total. The molecule has 4 heteroatoms. The van der Waals surface area contributed by atoms with E-state index in [9.17, 15) is 4.79 Å². The van der Waals surface area contributed by atoms with Gasteiger partial charge in [-0.25, -0.2) is 0 Å². The van der Waals surface area contributed by atoms with E-state index in [4.69, 9.17) is 5.73 Å². The molecule has 0 aliphatic heterocycles. The van der Waals surface area contributed by atoms with Crippen LogP contribution < -0.4 is 11.1 Å². The topological polar surface area (TPSA) is 55.1 Å². The highest BCUT2D eigenvalue weighted by molar-refractivity contribution is 5.85. The molecular weight excluding hydrogens is 296 g/mol. The van der Waals surface area contributed by atoms with E-state index in [0.717, 1.165) is 24.8 Å². The van der Waals surface area contributed by atoms with E-state index in [1.165, 1.54) is 10.8 Å². The Kier molecular flexibility index (Phi) is 5.81. The van der Waals surface area contributed by atoms with Gasteiger partial charge in [0.25, 0.3) is 0 Å². The Morgan fingerprint density at radius 1 is 1.14 bits per heavy atom. The molecule has 2 aromatic carbocycles. The molecule has 0 saturated heterocycles. The summed E-state index contributed by atoms with van der Waals surface area (Å²) in [5.41, 5.74) is 6.89. The average molecular weight is 319 g/mol.